The molecule has 0 aliphatic carbocycles. The highest BCUT2D eigenvalue weighted by molar-refractivity contribution is 5.82. The number of nitrogens with two attached hydrogens (primary N) is 1. The average Bonchev–Trinajstić information content (AvgIpc) is 2.67. The minimum atomic E-state index is 0.684. The fourth-order valence-electron chi connectivity index (χ4n) is 1.63. The fourth-order valence-corrected chi connectivity index (χ4v) is 1.63. The topological polar surface area (TPSA) is 53.8 Å². The molecule has 0 atom stereocenters. The number of hydrogen-bond acceptors (Lipinski definition) is 2. The van der Waals surface area contributed by atoms with Crippen molar-refractivity contribution < 1.29 is 0 Å². The van der Waals surface area contributed by atoms with Gasteiger partial charge in [-0.1, -0.05) is 12.1 Å². The highest BCUT2D eigenvalue weighted by Crippen LogP contribution is 2.16. The van der Waals surface area contributed by atoms with Crippen molar-refractivity contribution in [2.45, 2.75) is 6.54 Å². The third-order valence-electron chi connectivity index (χ3n) is 2.32. The maximum atomic E-state index is 5.42. The van der Waals surface area contributed by atoms with Crippen LogP contribution in [0.5, 0.6) is 0 Å². The molecule has 0 spiro atoms. The number of rotatable bonds is 4. The van der Waals surface area contributed by atoms with Crippen LogP contribution in [0.4, 0.5) is 0 Å². The van der Waals surface area contributed by atoms with Crippen LogP contribution < -0.4 is 11.1 Å². The van der Waals surface area contributed by atoms with Crippen LogP contribution in [0.15, 0.2) is 30.5 Å². The molecular formula is C11H15N3. The van der Waals surface area contributed by atoms with Gasteiger partial charge in [-0.25, -0.2) is 0 Å². The van der Waals surface area contributed by atoms with Crippen LogP contribution in [0, 0.1) is 0 Å². The summed E-state index contributed by atoms with van der Waals surface area (Å²) >= 11 is 0. The van der Waals surface area contributed by atoms with Crippen molar-refractivity contribution in [3.63, 3.8) is 0 Å². The lowest BCUT2D eigenvalue weighted by atomic mass is 10.1. The van der Waals surface area contributed by atoms with Crippen LogP contribution >= 0.6 is 0 Å². The molecule has 3 heteroatoms. The van der Waals surface area contributed by atoms with Crippen LogP contribution in [0.3, 0.4) is 0 Å². The first-order valence-electron chi connectivity index (χ1n) is 4.87. The van der Waals surface area contributed by atoms with E-state index in [1.54, 1.807) is 0 Å². The Bertz CT molecular complexity index is 406. The normalized spacial score (nSPS) is 10.9. The van der Waals surface area contributed by atoms with Gasteiger partial charge in [0.05, 0.1) is 0 Å². The molecule has 0 fully saturated rings. The molecule has 1 heterocycles. The van der Waals surface area contributed by atoms with Gasteiger partial charge in [0.1, 0.15) is 0 Å². The lowest BCUT2D eigenvalue weighted by Gasteiger charge is -2.04. The molecule has 0 aliphatic rings. The molecule has 14 heavy (non-hydrogen) atoms. The van der Waals surface area contributed by atoms with E-state index in [2.05, 4.69) is 34.6 Å². The molecule has 0 saturated heterocycles. The molecule has 1 aromatic heterocycles. The molecule has 0 unspecified atom stereocenters. The predicted molar refractivity (Wildman–Crippen MR) is 59.1 cm³/mol. The minimum absolute atomic E-state index is 0.684. The summed E-state index contributed by atoms with van der Waals surface area (Å²) in [6.07, 6.45) is 1.97. The second-order valence-electron chi connectivity index (χ2n) is 3.32. The molecular weight excluding hydrogens is 174 g/mol. The average molecular weight is 189 g/mol. The first kappa shape index (κ1) is 9.24. The van der Waals surface area contributed by atoms with E-state index in [0.717, 1.165) is 13.1 Å². The maximum Gasteiger partial charge on any atom is 0.0457 e. The molecule has 0 radical (unpaired) electrons. The Hall–Kier alpha value is -1.32. The lowest BCUT2D eigenvalue weighted by molar-refractivity contribution is 0.698. The van der Waals surface area contributed by atoms with E-state index in [1.165, 1.54) is 16.5 Å². The first-order chi connectivity index (χ1) is 6.92. The molecule has 0 aliphatic heterocycles. The molecule has 3 nitrogen and oxygen atoms in total. The molecule has 74 valence electrons. The Morgan fingerprint density at radius 1 is 1.29 bits per heavy atom. The van der Waals surface area contributed by atoms with Gasteiger partial charge >= 0.3 is 0 Å². The van der Waals surface area contributed by atoms with Gasteiger partial charge in [0, 0.05) is 36.7 Å². The molecule has 1 aromatic carbocycles. The molecule has 0 saturated carbocycles. The van der Waals surface area contributed by atoms with Crippen molar-refractivity contribution in [1.82, 2.24) is 10.3 Å². The van der Waals surface area contributed by atoms with Gasteiger partial charge in [0.25, 0.3) is 0 Å². The number of benzene rings is 1. The van der Waals surface area contributed by atoms with Crippen molar-refractivity contribution in [3.05, 3.63) is 36.0 Å². The minimum Gasteiger partial charge on any atom is -0.361 e. The Morgan fingerprint density at radius 2 is 2.21 bits per heavy atom. The molecule has 0 bridgehead atoms. The summed E-state index contributed by atoms with van der Waals surface area (Å²) < 4.78 is 0. The van der Waals surface area contributed by atoms with Crippen molar-refractivity contribution >= 4 is 10.9 Å². The number of hydrogen-bond donors (Lipinski definition) is 3. The summed E-state index contributed by atoms with van der Waals surface area (Å²) in [7, 11) is 0. The SMILES string of the molecule is NCCNCc1cccc2[nH]ccc12. The first-order valence-corrected chi connectivity index (χ1v) is 4.87. The van der Waals surface area contributed by atoms with Crippen molar-refractivity contribution in [2.24, 2.45) is 5.73 Å². The Balaban J connectivity index is 2.19. The van der Waals surface area contributed by atoms with Crippen LogP contribution in [0.2, 0.25) is 0 Å². The van der Waals surface area contributed by atoms with Crippen molar-refractivity contribution in [1.29, 1.82) is 0 Å². The second kappa shape index (κ2) is 4.26. The fraction of sp³-hybridized carbons (Fsp3) is 0.273. The quantitative estimate of drug-likeness (QED) is 0.633. The Labute approximate surface area is 83.3 Å². The third-order valence-corrected chi connectivity index (χ3v) is 2.32. The van der Waals surface area contributed by atoms with Gasteiger partial charge in [-0.15, -0.1) is 0 Å². The lowest BCUT2D eigenvalue weighted by Crippen LogP contribution is -2.21. The maximum absolute atomic E-state index is 5.42. The molecule has 2 aromatic rings. The third kappa shape index (κ3) is 1.78. The summed E-state index contributed by atoms with van der Waals surface area (Å²) in [4.78, 5) is 3.20. The summed E-state index contributed by atoms with van der Waals surface area (Å²) in [5.74, 6) is 0. The smallest absolute Gasteiger partial charge is 0.0457 e. The Morgan fingerprint density at radius 3 is 3.07 bits per heavy atom. The van der Waals surface area contributed by atoms with Gasteiger partial charge in [-0.3, -0.25) is 0 Å². The van der Waals surface area contributed by atoms with Crippen molar-refractivity contribution in [2.75, 3.05) is 13.1 Å². The van der Waals surface area contributed by atoms with Crippen molar-refractivity contribution in [3.8, 4) is 0 Å². The number of aromatic nitrogens is 1. The standard InChI is InChI=1S/C11H15N3/c12-5-7-13-8-9-2-1-3-11-10(9)4-6-14-11/h1-4,6,13-14H,5,7-8,12H2. The van der Waals surface area contributed by atoms with Crippen LogP contribution in [0.25, 0.3) is 10.9 Å². The van der Waals surface area contributed by atoms with E-state index in [9.17, 15) is 0 Å². The van der Waals surface area contributed by atoms with Crippen LogP contribution in [-0.2, 0) is 6.54 Å². The van der Waals surface area contributed by atoms with E-state index in [0.29, 0.717) is 6.54 Å². The predicted octanol–water partition coefficient (Wildman–Crippen LogP) is 1.22. The molecule has 2 rings (SSSR count). The summed E-state index contributed by atoms with van der Waals surface area (Å²) in [5.41, 5.74) is 7.93. The van der Waals surface area contributed by atoms with Crippen LogP contribution in [0.1, 0.15) is 5.56 Å². The number of aromatic amines is 1. The van der Waals surface area contributed by atoms with E-state index < -0.39 is 0 Å². The molecule has 0 amide bonds. The van der Waals surface area contributed by atoms with E-state index >= 15 is 0 Å². The summed E-state index contributed by atoms with van der Waals surface area (Å²) in [6.45, 7) is 2.43. The largest absolute Gasteiger partial charge is 0.361 e. The summed E-state index contributed by atoms with van der Waals surface area (Å²) in [5, 5.41) is 4.58. The second-order valence-corrected chi connectivity index (χ2v) is 3.32. The van der Waals surface area contributed by atoms with E-state index in [4.69, 9.17) is 5.73 Å². The van der Waals surface area contributed by atoms with Gasteiger partial charge in [-0.05, 0) is 17.7 Å². The summed E-state index contributed by atoms with van der Waals surface area (Å²) in [6, 6.07) is 8.40. The van der Waals surface area contributed by atoms with E-state index in [1.807, 2.05) is 6.20 Å². The van der Waals surface area contributed by atoms with Crippen LogP contribution in [-0.4, -0.2) is 18.1 Å². The molecule has 4 N–H and O–H groups in total. The monoisotopic (exact) mass is 189 g/mol. The number of fused-ring (bicyclic) bond motifs is 1. The van der Waals surface area contributed by atoms with Gasteiger partial charge in [-0.2, -0.15) is 0 Å². The number of H-pyrrole nitrogens is 1. The van der Waals surface area contributed by atoms with E-state index in [-0.39, 0.29) is 0 Å². The van der Waals surface area contributed by atoms with Gasteiger partial charge in [0.15, 0.2) is 0 Å². The highest BCUT2D eigenvalue weighted by Gasteiger charge is 1.99. The van der Waals surface area contributed by atoms with Gasteiger partial charge in [0.2, 0.25) is 0 Å². The zero-order chi connectivity index (χ0) is 9.80. The Kier molecular flexibility index (Phi) is 2.81. The number of nitrogens with one attached hydrogen (secondary N) is 2. The zero-order valence-electron chi connectivity index (χ0n) is 8.09. The zero-order valence-corrected chi connectivity index (χ0v) is 8.09. The van der Waals surface area contributed by atoms with Gasteiger partial charge < -0.3 is 16.0 Å². The highest BCUT2D eigenvalue weighted by atomic mass is 14.9.